The van der Waals surface area contributed by atoms with Crippen LogP contribution in [0.25, 0.3) is 0 Å². The summed E-state index contributed by atoms with van der Waals surface area (Å²) in [7, 11) is 0. The molecule has 0 saturated carbocycles. The van der Waals surface area contributed by atoms with Gasteiger partial charge in [0.25, 0.3) is 0 Å². The molecule has 19 heavy (non-hydrogen) atoms. The van der Waals surface area contributed by atoms with E-state index in [9.17, 15) is 0 Å². The summed E-state index contributed by atoms with van der Waals surface area (Å²) in [6, 6.07) is 4.21. The highest BCUT2D eigenvalue weighted by Gasteiger charge is 2.16. The van der Waals surface area contributed by atoms with Gasteiger partial charge in [0.2, 0.25) is 0 Å². The molecule has 2 heterocycles. The van der Waals surface area contributed by atoms with Crippen LogP contribution in [0.2, 0.25) is 0 Å². The summed E-state index contributed by atoms with van der Waals surface area (Å²) < 4.78 is 0. The number of hydrogen-bond acceptors (Lipinski definition) is 5. The Morgan fingerprint density at radius 2 is 2.00 bits per heavy atom. The average molecular weight is 264 g/mol. The summed E-state index contributed by atoms with van der Waals surface area (Å²) in [5.74, 6) is 0.957. The van der Waals surface area contributed by atoms with Crippen molar-refractivity contribution in [1.82, 2.24) is 14.8 Å². The lowest BCUT2D eigenvalue weighted by Gasteiger charge is -2.34. The van der Waals surface area contributed by atoms with Crippen molar-refractivity contribution in [2.75, 3.05) is 51.2 Å². The maximum atomic E-state index is 8.93. The third-order valence-electron chi connectivity index (χ3n) is 3.47. The molecule has 2 N–H and O–H groups in total. The van der Waals surface area contributed by atoms with E-state index in [1.165, 1.54) is 5.56 Å². The van der Waals surface area contributed by atoms with Crippen LogP contribution < -0.4 is 5.32 Å². The zero-order valence-corrected chi connectivity index (χ0v) is 11.7. The molecular formula is C14H24N4O. The van der Waals surface area contributed by atoms with Crippen LogP contribution in [-0.4, -0.2) is 65.8 Å². The van der Waals surface area contributed by atoms with Crippen molar-refractivity contribution in [3.8, 4) is 0 Å². The molecule has 1 saturated heterocycles. The molecule has 0 spiro atoms. The van der Waals surface area contributed by atoms with Gasteiger partial charge in [-0.3, -0.25) is 9.80 Å². The molecule has 0 radical (unpaired) electrons. The van der Waals surface area contributed by atoms with Gasteiger partial charge >= 0.3 is 0 Å². The summed E-state index contributed by atoms with van der Waals surface area (Å²) in [4.78, 5) is 9.06. The van der Waals surface area contributed by atoms with Gasteiger partial charge < -0.3 is 10.4 Å². The SMILES string of the molecule is CCNc1cc(CN2CCN(CCO)CC2)ccn1. The third-order valence-corrected chi connectivity index (χ3v) is 3.47. The maximum Gasteiger partial charge on any atom is 0.126 e. The van der Waals surface area contributed by atoms with E-state index in [0.29, 0.717) is 0 Å². The number of anilines is 1. The maximum absolute atomic E-state index is 8.93. The van der Waals surface area contributed by atoms with Crippen molar-refractivity contribution in [2.24, 2.45) is 0 Å². The van der Waals surface area contributed by atoms with E-state index in [4.69, 9.17) is 5.11 Å². The van der Waals surface area contributed by atoms with E-state index < -0.39 is 0 Å². The summed E-state index contributed by atoms with van der Waals surface area (Å²) in [5, 5.41) is 12.2. The fourth-order valence-corrected chi connectivity index (χ4v) is 2.42. The van der Waals surface area contributed by atoms with Crippen molar-refractivity contribution in [3.05, 3.63) is 23.9 Å². The number of rotatable bonds is 6. The smallest absolute Gasteiger partial charge is 0.126 e. The molecule has 0 aliphatic carbocycles. The lowest BCUT2D eigenvalue weighted by molar-refractivity contribution is 0.108. The van der Waals surface area contributed by atoms with Crippen molar-refractivity contribution < 1.29 is 5.11 Å². The quantitative estimate of drug-likeness (QED) is 0.789. The Balaban J connectivity index is 1.83. The number of nitrogens with zero attached hydrogens (tertiary/aromatic N) is 3. The predicted octanol–water partition coefficient (Wildman–Crippen LogP) is 0.623. The lowest BCUT2D eigenvalue weighted by atomic mass is 10.2. The molecule has 2 rings (SSSR count). The largest absolute Gasteiger partial charge is 0.395 e. The number of β-amino-alcohol motifs (C(OH)–C–C–N with tert-alkyl or cyclic N) is 1. The van der Waals surface area contributed by atoms with E-state index >= 15 is 0 Å². The number of piperazine rings is 1. The second-order valence-electron chi connectivity index (χ2n) is 4.92. The highest BCUT2D eigenvalue weighted by molar-refractivity contribution is 5.37. The number of aliphatic hydroxyl groups is 1. The number of aliphatic hydroxyl groups excluding tert-OH is 1. The standard InChI is InChI=1S/C14H24N4O/c1-2-15-14-11-13(3-4-16-14)12-18-7-5-17(6-8-18)9-10-19/h3-4,11,19H,2,5-10,12H2,1H3,(H,15,16). The predicted molar refractivity (Wildman–Crippen MR) is 77.2 cm³/mol. The second kappa shape index (κ2) is 7.43. The average Bonchev–Trinajstić information content (AvgIpc) is 2.42. The van der Waals surface area contributed by atoms with Crippen LogP contribution in [0.5, 0.6) is 0 Å². The van der Waals surface area contributed by atoms with Gasteiger partial charge in [-0.2, -0.15) is 0 Å². The fourth-order valence-electron chi connectivity index (χ4n) is 2.42. The lowest BCUT2D eigenvalue weighted by Crippen LogP contribution is -2.46. The Morgan fingerprint density at radius 3 is 2.68 bits per heavy atom. The van der Waals surface area contributed by atoms with Gasteiger partial charge in [0.15, 0.2) is 0 Å². The number of hydrogen-bond donors (Lipinski definition) is 2. The molecule has 5 heteroatoms. The molecule has 0 aromatic carbocycles. The van der Waals surface area contributed by atoms with E-state index in [2.05, 4.69) is 39.2 Å². The van der Waals surface area contributed by atoms with Crippen molar-refractivity contribution >= 4 is 5.82 Å². The molecule has 106 valence electrons. The van der Waals surface area contributed by atoms with Gasteiger partial charge in [0.05, 0.1) is 6.61 Å². The highest BCUT2D eigenvalue weighted by Crippen LogP contribution is 2.11. The Morgan fingerprint density at radius 1 is 1.26 bits per heavy atom. The molecule has 1 aromatic heterocycles. The fraction of sp³-hybridized carbons (Fsp3) is 0.643. The van der Waals surface area contributed by atoms with Gasteiger partial charge in [-0.1, -0.05) is 0 Å². The summed E-state index contributed by atoms with van der Waals surface area (Å²) >= 11 is 0. The van der Waals surface area contributed by atoms with Crippen LogP contribution in [0.4, 0.5) is 5.82 Å². The second-order valence-corrected chi connectivity index (χ2v) is 4.92. The minimum Gasteiger partial charge on any atom is -0.395 e. The van der Waals surface area contributed by atoms with Crippen LogP contribution in [0.1, 0.15) is 12.5 Å². The molecule has 1 aliphatic heterocycles. The van der Waals surface area contributed by atoms with Gasteiger partial charge in [0.1, 0.15) is 5.82 Å². The molecule has 0 atom stereocenters. The Hall–Kier alpha value is -1.17. The molecule has 0 unspecified atom stereocenters. The first-order valence-electron chi connectivity index (χ1n) is 7.06. The van der Waals surface area contributed by atoms with Gasteiger partial charge in [-0.15, -0.1) is 0 Å². The minimum absolute atomic E-state index is 0.260. The van der Waals surface area contributed by atoms with Crippen LogP contribution >= 0.6 is 0 Å². The molecule has 5 nitrogen and oxygen atoms in total. The van der Waals surface area contributed by atoms with Gasteiger partial charge in [-0.25, -0.2) is 4.98 Å². The Kier molecular flexibility index (Phi) is 5.57. The van der Waals surface area contributed by atoms with Crippen LogP contribution in [0, 0.1) is 0 Å². The third kappa shape index (κ3) is 4.45. The number of nitrogens with one attached hydrogen (secondary N) is 1. The van der Waals surface area contributed by atoms with Crippen molar-refractivity contribution in [1.29, 1.82) is 0 Å². The van der Waals surface area contributed by atoms with Gasteiger partial charge in [0, 0.05) is 52.0 Å². The van der Waals surface area contributed by atoms with Crippen LogP contribution in [-0.2, 0) is 6.54 Å². The molecule has 0 amide bonds. The van der Waals surface area contributed by atoms with Crippen molar-refractivity contribution in [2.45, 2.75) is 13.5 Å². The Bertz CT molecular complexity index is 377. The summed E-state index contributed by atoms with van der Waals surface area (Å²) in [6.07, 6.45) is 1.87. The topological polar surface area (TPSA) is 51.6 Å². The zero-order valence-electron chi connectivity index (χ0n) is 11.7. The molecule has 1 aromatic rings. The van der Waals surface area contributed by atoms with Crippen molar-refractivity contribution in [3.63, 3.8) is 0 Å². The van der Waals surface area contributed by atoms with Gasteiger partial charge in [-0.05, 0) is 24.6 Å². The first-order chi connectivity index (χ1) is 9.31. The minimum atomic E-state index is 0.260. The normalized spacial score (nSPS) is 17.6. The summed E-state index contributed by atoms with van der Waals surface area (Å²) in [5.41, 5.74) is 1.31. The molecule has 1 fully saturated rings. The monoisotopic (exact) mass is 264 g/mol. The van der Waals surface area contributed by atoms with E-state index in [-0.39, 0.29) is 6.61 Å². The summed E-state index contributed by atoms with van der Waals surface area (Å²) in [6.45, 7) is 9.25. The highest BCUT2D eigenvalue weighted by atomic mass is 16.3. The molecular weight excluding hydrogens is 240 g/mol. The first-order valence-corrected chi connectivity index (χ1v) is 7.06. The first kappa shape index (κ1) is 14.2. The number of pyridine rings is 1. The Labute approximate surface area is 115 Å². The van der Waals surface area contributed by atoms with Crippen LogP contribution in [0.3, 0.4) is 0 Å². The zero-order chi connectivity index (χ0) is 13.5. The van der Waals surface area contributed by atoms with Crippen LogP contribution in [0.15, 0.2) is 18.3 Å². The van der Waals surface area contributed by atoms with E-state index in [0.717, 1.165) is 51.6 Å². The molecule has 1 aliphatic rings. The molecule has 0 bridgehead atoms. The number of aromatic nitrogens is 1. The van der Waals surface area contributed by atoms with E-state index in [1.807, 2.05) is 6.20 Å². The van der Waals surface area contributed by atoms with E-state index in [1.54, 1.807) is 0 Å².